The van der Waals surface area contributed by atoms with Crippen LogP contribution in [0.4, 0.5) is 0 Å². The van der Waals surface area contributed by atoms with Crippen molar-refractivity contribution in [1.82, 2.24) is 10.2 Å². The number of hydrogen-bond acceptors (Lipinski definition) is 3. The maximum atomic E-state index is 12.6. The zero-order chi connectivity index (χ0) is 18.3. The molecular formula is C20H24N2O3. The molecule has 5 nitrogen and oxygen atoms in total. The van der Waals surface area contributed by atoms with E-state index in [0.29, 0.717) is 12.1 Å². The van der Waals surface area contributed by atoms with Gasteiger partial charge in [-0.3, -0.25) is 9.59 Å². The van der Waals surface area contributed by atoms with Crippen molar-refractivity contribution in [3.63, 3.8) is 0 Å². The first kappa shape index (κ1) is 18.7. The number of amides is 2. The van der Waals surface area contributed by atoms with Crippen molar-refractivity contribution >= 4 is 11.8 Å². The van der Waals surface area contributed by atoms with Crippen molar-refractivity contribution < 1.29 is 14.7 Å². The van der Waals surface area contributed by atoms with Crippen molar-refractivity contribution in [2.75, 3.05) is 13.1 Å². The fourth-order valence-corrected chi connectivity index (χ4v) is 2.46. The third-order valence-corrected chi connectivity index (χ3v) is 3.58. The van der Waals surface area contributed by atoms with Crippen LogP contribution in [0.2, 0.25) is 0 Å². The van der Waals surface area contributed by atoms with Crippen LogP contribution in [0.15, 0.2) is 60.7 Å². The maximum Gasteiger partial charge on any atom is 0.251 e. The molecule has 0 saturated heterocycles. The van der Waals surface area contributed by atoms with Crippen LogP contribution in [0.1, 0.15) is 29.8 Å². The molecule has 0 saturated carbocycles. The minimum Gasteiger partial charge on any atom is -0.389 e. The second kappa shape index (κ2) is 8.44. The Morgan fingerprint density at radius 2 is 1.56 bits per heavy atom. The van der Waals surface area contributed by atoms with E-state index in [1.807, 2.05) is 36.4 Å². The van der Waals surface area contributed by atoms with E-state index in [9.17, 15) is 14.7 Å². The maximum absolute atomic E-state index is 12.6. The van der Waals surface area contributed by atoms with Crippen molar-refractivity contribution in [2.24, 2.45) is 0 Å². The number of aliphatic hydroxyl groups is 1. The lowest BCUT2D eigenvalue weighted by Gasteiger charge is -2.29. The van der Waals surface area contributed by atoms with Crippen LogP contribution < -0.4 is 5.32 Å². The molecule has 2 N–H and O–H groups in total. The van der Waals surface area contributed by atoms with E-state index in [2.05, 4.69) is 5.32 Å². The molecule has 0 heterocycles. The fourth-order valence-electron chi connectivity index (χ4n) is 2.46. The summed E-state index contributed by atoms with van der Waals surface area (Å²) in [5.41, 5.74) is 0.454. The fraction of sp³-hybridized carbons (Fsp3) is 0.300. The van der Waals surface area contributed by atoms with Gasteiger partial charge in [-0.25, -0.2) is 0 Å². The Balaban J connectivity index is 2.00. The third-order valence-electron chi connectivity index (χ3n) is 3.58. The highest BCUT2D eigenvalue weighted by Gasteiger charge is 2.23. The summed E-state index contributed by atoms with van der Waals surface area (Å²) in [6.07, 6.45) is 0. The lowest BCUT2D eigenvalue weighted by Crippen LogP contribution is -2.46. The highest BCUT2D eigenvalue weighted by atomic mass is 16.3. The summed E-state index contributed by atoms with van der Waals surface area (Å²) in [6, 6.07) is 18.3. The van der Waals surface area contributed by atoms with Crippen LogP contribution in [0, 0.1) is 0 Å². The Morgan fingerprint density at radius 1 is 1.00 bits per heavy atom. The van der Waals surface area contributed by atoms with Crippen LogP contribution in [0.25, 0.3) is 0 Å². The molecule has 0 aliphatic rings. The summed E-state index contributed by atoms with van der Waals surface area (Å²) >= 11 is 0. The number of carbonyl (C=O) groups excluding carboxylic acids is 2. The van der Waals surface area contributed by atoms with Gasteiger partial charge in [0.25, 0.3) is 5.91 Å². The minimum atomic E-state index is -1.02. The monoisotopic (exact) mass is 340 g/mol. The molecule has 0 radical (unpaired) electrons. The average Bonchev–Trinajstić information content (AvgIpc) is 2.59. The molecule has 132 valence electrons. The molecule has 2 aromatic carbocycles. The zero-order valence-electron chi connectivity index (χ0n) is 14.6. The van der Waals surface area contributed by atoms with E-state index in [0.717, 1.165) is 5.56 Å². The molecule has 0 bridgehead atoms. The largest absolute Gasteiger partial charge is 0.389 e. The lowest BCUT2D eigenvalue weighted by atomic mass is 10.1. The third kappa shape index (κ3) is 6.39. The summed E-state index contributed by atoms with van der Waals surface area (Å²) in [6.45, 7) is 3.76. The molecule has 2 aromatic rings. The Labute approximate surface area is 148 Å². The number of nitrogens with one attached hydrogen (secondary N) is 1. The molecule has 0 unspecified atom stereocenters. The van der Waals surface area contributed by atoms with Gasteiger partial charge in [-0.2, -0.15) is 0 Å². The Bertz CT molecular complexity index is 694. The van der Waals surface area contributed by atoms with Gasteiger partial charge in [0.1, 0.15) is 0 Å². The first-order chi connectivity index (χ1) is 11.8. The van der Waals surface area contributed by atoms with E-state index >= 15 is 0 Å². The lowest BCUT2D eigenvalue weighted by molar-refractivity contribution is -0.133. The predicted molar refractivity (Wildman–Crippen MR) is 96.9 cm³/mol. The molecule has 5 heteroatoms. The van der Waals surface area contributed by atoms with Crippen LogP contribution in [-0.4, -0.2) is 40.5 Å². The van der Waals surface area contributed by atoms with Crippen LogP contribution >= 0.6 is 0 Å². The smallest absolute Gasteiger partial charge is 0.251 e. The first-order valence-electron chi connectivity index (χ1n) is 8.22. The standard InChI is InChI=1S/C20H24N2O3/c1-20(2,25)15-22(14-16-9-5-3-6-10-16)18(23)13-21-19(24)17-11-7-4-8-12-17/h3-12,25H,13-15H2,1-2H3,(H,21,24). The van der Waals surface area contributed by atoms with Gasteiger partial charge in [0.05, 0.1) is 12.1 Å². The number of carbonyl (C=O) groups is 2. The van der Waals surface area contributed by atoms with Crippen LogP contribution in [0.5, 0.6) is 0 Å². The number of nitrogens with zero attached hydrogens (tertiary/aromatic N) is 1. The Hall–Kier alpha value is -2.66. The number of benzene rings is 2. The summed E-state index contributed by atoms with van der Waals surface area (Å²) in [5.74, 6) is -0.535. The van der Waals surface area contributed by atoms with E-state index in [1.165, 1.54) is 0 Å². The van der Waals surface area contributed by atoms with Crippen molar-refractivity contribution in [2.45, 2.75) is 26.0 Å². The molecule has 2 rings (SSSR count). The molecule has 25 heavy (non-hydrogen) atoms. The van der Waals surface area contributed by atoms with E-state index in [1.54, 1.807) is 43.0 Å². The van der Waals surface area contributed by atoms with Gasteiger partial charge < -0.3 is 15.3 Å². The summed E-state index contributed by atoms with van der Waals surface area (Å²) < 4.78 is 0. The quantitative estimate of drug-likeness (QED) is 0.812. The minimum absolute atomic E-state index is 0.114. The van der Waals surface area contributed by atoms with Gasteiger partial charge in [-0.05, 0) is 31.5 Å². The normalized spacial score (nSPS) is 11.0. The van der Waals surface area contributed by atoms with Crippen molar-refractivity contribution in [3.05, 3.63) is 71.8 Å². The highest BCUT2D eigenvalue weighted by molar-refractivity contribution is 5.96. The number of hydrogen-bond donors (Lipinski definition) is 2. The Kier molecular flexibility index (Phi) is 6.31. The van der Waals surface area contributed by atoms with Crippen LogP contribution in [0.3, 0.4) is 0 Å². The molecule has 0 aliphatic carbocycles. The molecular weight excluding hydrogens is 316 g/mol. The van der Waals surface area contributed by atoms with E-state index in [-0.39, 0.29) is 24.9 Å². The second-order valence-electron chi connectivity index (χ2n) is 6.60. The molecule has 2 amide bonds. The van der Waals surface area contributed by atoms with Gasteiger partial charge in [-0.1, -0.05) is 48.5 Å². The molecule has 0 aromatic heterocycles. The molecule has 0 fully saturated rings. The molecule has 0 spiro atoms. The first-order valence-corrected chi connectivity index (χ1v) is 8.22. The predicted octanol–water partition coefficient (Wildman–Crippen LogP) is 2.22. The summed E-state index contributed by atoms with van der Waals surface area (Å²) in [4.78, 5) is 26.2. The topological polar surface area (TPSA) is 69.6 Å². The summed E-state index contributed by atoms with van der Waals surface area (Å²) in [7, 11) is 0. The average molecular weight is 340 g/mol. The van der Waals surface area contributed by atoms with E-state index in [4.69, 9.17) is 0 Å². The van der Waals surface area contributed by atoms with Crippen molar-refractivity contribution in [1.29, 1.82) is 0 Å². The molecule has 0 atom stereocenters. The van der Waals surface area contributed by atoms with Gasteiger partial charge in [0.2, 0.25) is 5.91 Å². The van der Waals surface area contributed by atoms with Gasteiger partial charge in [0.15, 0.2) is 0 Å². The van der Waals surface area contributed by atoms with E-state index < -0.39 is 5.60 Å². The number of rotatable bonds is 7. The van der Waals surface area contributed by atoms with Gasteiger partial charge in [0, 0.05) is 18.7 Å². The zero-order valence-corrected chi connectivity index (χ0v) is 14.6. The van der Waals surface area contributed by atoms with Gasteiger partial charge >= 0.3 is 0 Å². The van der Waals surface area contributed by atoms with Gasteiger partial charge in [-0.15, -0.1) is 0 Å². The van der Waals surface area contributed by atoms with Crippen LogP contribution in [-0.2, 0) is 11.3 Å². The highest BCUT2D eigenvalue weighted by Crippen LogP contribution is 2.10. The summed E-state index contributed by atoms with van der Waals surface area (Å²) in [5, 5.41) is 12.7. The SMILES string of the molecule is CC(C)(O)CN(Cc1ccccc1)C(=O)CNC(=O)c1ccccc1. The van der Waals surface area contributed by atoms with Crippen molar-refractivity contribution in [3.8, 4) is 0 Å². The molecule has 0 aliphatic heterocycles. The second-order valence-corrected chi connectivity index (χ2v) is 6.60. The Morgan fingerprint density at radius 3 is 2.12 bits per heavy atom.